The van der Waals surface area contributed by atoms with Gasteiger partial charge in [-0.1, -0.05) is 41.7 Å². The minimum atomic E-state index is -3.65. The van der Waals surface area contributed by atoms with Crippen molar-refractivity contribution in [1.29, 1.82) is 0 Å². The summed E-state index contributed by atoms with van der Waals surface area (Å²) in [7, 11) is -2.11. The van der Waals surface area contributed by atoms with E-state index in [4.69, 9.17) is 0 Å². The number of carbonyl (C=O) groups excluding carboxylic acids is 1. The molecule has 0 atom stereocenters. The summed E-state index contributed by atoms with van der Waals surface area (Å²) >= 11 is 2.27. The lowest BCUT2D eigenvalue weighted by atomic mass is 10.2. The van der Waals surface area contributed by atoms with Gasteiger partial charge in [0.25, 0.3) is 5.91 Å². The zero-order valence-electron chi connectivity index (χ0n) is 13.8. The highest BCUT2D eigenvalue weighted by molar-refractivity contribution is 7.89. The summed E-state index contributed by atoms with van der Waals surface area (Å²) in [6.45, 7) is 0.356. The summed E-state index contributed by atoms with van der Waals surface area (Å²) in [4.78, 5) is 12.6. The lowest BCUT2D eigenvalue weighted by Gasteiger charge is -2.16. The number of hydrogen-bond acceptors (Lipinski definition) is 7. The number of rotatable bonds is 7. The van der Waals surface area contributed by atoms with E-state index in [0.29, 0.717) is 23.0 Å². The number of nitrogens with zero attached hydrogens (tertiary/aromatic N) is 3. The lowest BCUT2D eigenvalue weighted by molar-refractivity contribution is 0.103. The van der Waals surface area contributed by atoms with Crippen LogP contribution in [0.25, 0.3) is 0 Å². The molecule has 0 aliphatic rings. The van der Waals surface area contributed by atoms with E-state index < -0.39 is 15.9 Å². The molecule has 136 valence electrons. The number of carbonyl (C=O) groups is 1. The first kappa shape index (κ1) is 18.6. The van der Waals surface area contributed by atoms with Gasteiger partial charge in [-0.05, 0) is 18.1 Å². The Morgan fingerprint density at radius 2 is 2.00 bits per heavy atom. The van der Waals surface area contributed by atoms with Crippen molar-refractivity contribution in [3.63, 3.8) is 0 Å². The standard InChI is InChI=1S/C16H16N4O3S3/c1-20(8-7-12-5-3-2-4-6-12)26(22,23)13-9-14(24-10-13)15(21)18-16-19-17-11-25-16/h2-6,9-11H,7-8H2,1H3,(H,18,19,21). The highest BCUT2D eigenvalue weighted by atomic mass is 32.2. The van der Waals surface area contributed by atoms with E-state index in [1.807, 2.05) is 30.3 Å². The molecule has 3 rings (SSSR count). The maximum absolute atomic E-state index is 12.7. The number of hydrogen-bond donors (Lipinski definition) is 1. The number of benzene rings is 1. The molecule has 0 spiro atoms. The van der Waals surface area contributed by atoms with Crippen molar-refractivity contribution in [3.05, 3.63) is 57.7 Å². The van der Waals surface area contributed by atoms with E-state index in [0.717, 1.165) is 16.9 Å². The third-order valence-electron chi connectivity index (χ3n) is 3.65. The van der Waals surface area contributed by atoms with Crippen LogP contribution in [0, 0.1) is 0 Å². The van der Waals surface area contributed by atoms with Gasteiger partial charge in [0, 0.05) is 19.0 Å². The van der Waals surface area contributed by atoms with Crippen molar-refractivity contribution in [3.8, 4) is 0 Å². The average molecular weight is 409 g/mol. The molecule has 0 unspecified atom stereocenters. The molecule has 1 N–H and O–H groups in total. The van der Waals surface area contributed by atoms with Crippen molar-refractivity contribution in [2.24, 2.45) is 0 Å². The second-order valence-electron chi connectivity index (χ2n) is 5.41. The second kappa shape index (κ2) is 8.04. The number of sulfonamides is 1. The summed E-state index contributed by atoms with van der Waals surface area (Å²) in [6.07, 6.45) is 0.616. The average Bonchev–Trinajstić information content (AvgIpc) is 3.32. The highest BCUT2D eigenvalue weighted by Crippen LogP contribution is 2.23. The van der Waals surface area contributed by atoms with Gasteiger partial charge < -0.3 is 0 Å². The van der Waals surface area contributed by atoms with Gasteiger partial charge in [-0.2, -0.15) is 0 Å². The summed E-state index contributed by atoms with van der Waals surface area (Å²) < 4.78 is 26.7. The fourth-order valence-corrected chi connectivity index (χ4v) is 4.96. The molecule has 26 heavy (non-hydrogen) atoms. The van der Waals surface area contributed by atoms with E-state index in [-0.39, 0.29) is 4.90 Å². The molecule has 0 fully saturated rings. The van der Waals surface area contributed by atoms with Gasteiger partial charge in [0.1, 0.15) is 5.51 Å². The molecule has 0 saturated carbocycles. The zero-order valence-corrected chi connectivity index (χ0v) is 16.3. The molecule has 2 aromatic heterocycles. The van der Waals surface area contributed by atoms with Crippen molar-refractivity contribution in [2.75, 3.05) is 18.9 Å². The Bertz CT molecular complexity index is 969. The third-order valence-corrected chi connectivity index (χ3v) is 7.17. The Kier molecular flexibility index (Phi) is 5.77. The molecule has 0 radical (unpaired) electrons. The molecule has 10 heteroatoms. The molecule has 0 bridgehead atoms. The van der Waals surface area contributed by atoms with Crippen LogP contribution in [0.4, 0.5) is 5.13 Å². The number of aromatic nitrogens is 2. The van der Waals surface area contributed by atoms with Crippen LogP contribution in [-0.4, -0.2) is 42.4 Å². The Morgan fingerprint density at radius 1 is 1.23 bits per heavy atom. The van der Waals surface area contributed by atoms with Gasteiger partial charge in [-0.15, -0.1) is 21.5 Å². The number of amides is 1. The van der Waals surface area contributed by atoms with Crippen molar-refractivity contribution in [2.45, 2.75) is 11.3 Å². The first-order chi connectivity index (χ1) is 12.5. The van der Waals surface area contributed by atoms with E-state index in [9.17, 15) is 13.2 Å². The molecule has 7 nitrogen and oxygen atoms in total. The van der Waals surface area contributed by atoms with Crippen LogP contribution in [0.3, 0.4) is 0 Å². The number of nitrogens with one attached hydrogen (secondary N) is 1. The lowest BCUT2D eigenvalue weighted by Crippen LogP contribution is -2.28. The minimum absolute atomic E-state index is 0.112. The predicted octanol–water partition coefficient (Wildman–Crippen LogP) is 2.72. The van der Waals surface area contributed by atoms with E-state index >= 15 is 0 Å². The first-order valence-electron chi connectivity index (χ1n) is 7.63. The monoisotopic (exact) mass is 408 g/mol. The Labute approximate surface area is 159 Å². The van der Waals surface area contributed by atoms with Gasteiger partial charge in [0.05, 0.1) is 9.77 Å². The smallest absolute Gasteiger partial charge is 0.267 e. The van der Waals surface area contributed by atoms with Gasteiger partial charge in [0.15, 0.2) is 0 Å². The Balaban J connectivity index is 1.67. The number of anilines is 1. The van der Waals surface area contributed by atoms with Crippen LogP contribution in [0.2, 0.25) is 0 Å². The molecule has 0 saturated heterocycles. The molecule has 3 aromatic rings. The van der Waals surface area contributed by atoms with Gasteiger partial charge in [-0.3, -0.25) is 10.1 Å². The third kappa shape index (κ3) is 4.33. The van der Waals surface area contributed by atoms with E-state index in [1.54, 1.807) is 0 Å². The minimum Gasteiger partial charge on any atom is -0.296 e. The van der Waals surface area contributed by atoms with Crippen LogP contribution < -0.4 is 5.32 Å². The normalized spacial score (nSPS) is 11.6. The van der Waals surface area contributed by atoms with Crippen molar-refractivity contribution >= 4 is 43.7 Å². The predicted molar refractivity (Wildman–Crippen MR) is 102 cm³/mol. The fraction of sp³-hybridized carbons (Fsp3) is 0.188. The Morgan fingerprint density at radius 3 is 2.69 bits per heavy atom. The van der Waals surface area contributed by atoms with Crippen LogP contribution in [-0.2, 0) is 16.4 Å². The van der Waals surface area contributed by atoms with Crippen molar-refractivity contribution < 1.29 is 13.2 Å². The molecular weight excluding hydrogens is 392 g/mol. The zero-order chi connectivity index (χ0) is 18.6. The summed E-state index contributed by atoms with van der Waals surface area (Å²) in [6, 6.07) is 11.1. The van der Waals surface area contributed by atoms with Gasteiger partial charge in [-0.25, -0.2) is 12.7 Å². The van der Waals surface area contributed by atoms with Crippen LogP contribution in [0.15, 0.2) is 52.2 Å². The first-order valence-corrected chi connectivity index (χ1v) is 10.8. The molecule has 0 aliphatic heterocycles. The maximum atomic E-state index is 12.7. The van der Waals surface area contributed by atoms with Gasteiger partial charge >= 0.3 is 0 Å². The highest BCUT2D eigenvalue weighted by Gasteiger charge is 2.23. The SMILES string of the molecule is CN(CCc1ccccc1)S(=O)(=O)c1csc(C(=O)Nc2nncs2)c1. The molecule has 1 aromatic carbocycles. The van der Waals surface area contributed by atoms with Crippen LogP contribution in [0.5, 0.6) is 0 Å². The molecular formula is C16H16N4O3S3. The summed E-state index contributed by atoms with van der Waals surface area (Å²) in [5.41, 5.74) is 2.57. The Hall–Kier alpha value is -2.14. The molecule has 2 heterocycles. The molecule has 1 amide bonds. The molecule has 0 aliphatic carbocycles. The topological polar surface area (TPSA) is 92.3 Å². The quantitative estimate of drug-likeness (QED) is 0.649. The summed E-state index contributed by atoms with van der Waals surface area (Å²) in [5.74, 6) is -0.403. The van der Waals surface area contributed by atoms with Crippen LogP contribution >= 0.6 is 22.7 Å². The fourth-order valence-electron chi connectivity index (χ4n) is 2.19. The number of likely N-dealkylation sites (N-methyl/N-ethyl adjacent to an activating group) is 1. The van der Waals surface area contributed by atoms with E-state index in [1.165, 1.54) is 39.6 Å². The second-order valence-corrected chi connectivity index (χ2v) is 9.20. The summed E-state index contributed by atoms with van der Waals surface area (Å²) in [5, 5.41) is 11.8. The van der Waals surface area contributed by atoms with Gasteiger partial charge in [0.2, 0.25) is 15.2 Å². The van der Waals surface area contributed by atoms with Crippen LogP contribution in [0.1, 0.15) is 15.2 Å². The van der Waals surface area contributed by atoms with Crippen molar-refractivity contribution in [1.82, 2.24) is 14.5 Å². The maximum Gasteiger partial charge on any atom is 0.267 e. The largest absolute Gasteiger partial charge is 0.296 e. The van der Waals surface area contributed by atoms with E-state index in [2.05, 4.69) is 15.5 Å². The number of thiophene rings is 1.